The van der Waals surface area contributed by atoms with Crippen molar-refractivity contribution in [3.63, 3.8) is 0 Å². The Balaban J connectivity index is 1.71. The van der Waals surface area contributed by atoms with Gasteiger partial charge in [-0.1, -0.05) is 24.1 Å². The van der Waals surface area contributed by atoms with Crippen LogP contribution in [-0.2, 0) is 4.74 Å². The number of anilines is 2. The SMILES string of the molecule is C#C[C@H]1O[C@@H](n2cnc3c(Nc4ccccc4)ncnc32)[C@H](O)[C@@H]1O. The van der Waals surface area contributed by atoms with Gasteiger partial charge >= 0.3 is 0 Å². The van der Waals surface area contributed by atoms with Crippen molar-refractivity contribution in [3.05, 3.63) is 43.0 Å². The molecule has 1 fully saturated rings. The lowest BCUT2D eigenvalue weighted by atomic mass is 10.1. The van der Waals surface area contributed by atoms with Crippen LogP contribution in [0.4, 0.5) is 11.5 Å². The number of aliphatic hydroxyl groups excluding tert-OH is 2. The van der Waals surface area contributed by atoms with Crippen LogP contribution in [0.2, 0.25) is 0 Å². The van der Waals surface area contributed by atoms with Gasteiger partial charge in [-0.05, 0) is 12.1 Å². The van der Waals surface area contributed by atoms with Crippen molar-refractivity contribution in [3.8, 4) is 12.3 Å². The fraction of sp³-hybridized carbons (Fsp3) is 0.235. The molecule has 0 amide bonds. The van der Waals surface area contributed by atoms with Crippen molar-refractivity contribution >= 4 is 22.7 Å². The second-order valence-corrected chi connectivity index (χ2v) is 5.63. The van der Waals surface area contributed by atoms with E-state index in [-0.39, 0.29) is 0 Å². The topological polar surface area (TPSA) is 105 Å². The molecule has 3 N–H and O–H groups in total. The molecule has 1 aromatic carbocycles. The lowest BCUT2D eigenvalue weighted by Crippen LogP contribution is -2.30. The van der Waals surface area contributed by atoms with Crippen LogP contribution in [0.15, 0.2) is 43.0 Å². The highest BCUT2D eigenvalue weighted by molar-refractivity contribution is 5.85. The Morgan fingerprint density at radius 3 is 2.64 bits per heavy atom. The van der Waals surface area contributed by atoms with Crippen molar-refractivity contribution in [2.75, 3.05) is 5.32 Å². The molecule has 1 aliphatic heterocycles. The van der Waals surface area contributed by atoms with Crippen LogP contribution >= 0.6 is 0 Å². The summed E-state index contributed by atoms with van der Waals surface area (Å²) < 4.78 is 7.09. The minimum Gasteiger partial charge on any atom is -0.386 e. The fourth-order valence-electron chi connectivity index (χ4n) is 2.81. The van der Waals surface area contributed by atoms with Gasteiger partial charge in [0.15, 0.2) is 23.2 Å². The van der Waals surface area contributed by atoms with Crippen LogP contribution < -0.4 is 5.32 Å². The maximum Gasteiger partial charge on any atom is 0.167 e. The van der Waals surface area contributed by atoms with Crippen molar-refractivity contribution in [2.45, 2.75) is 24.5 Å². The number of benzene rings is 1. The molecule has 0 saturated carbocycles. The molecule has 1 aliphatic rings. The van der Waals surface area contributed by atoms with Crippen molar-refractivity contribution in [2.24, 2.45) is 0 Å². The van der Waals surface area contributed by atoms with E-state index in [1.54, 1.807) is 4.57 Å². The van der Waals surface area contributed by atoms with Crippen LogP contribution in [0.3, 0.4) is 0 Å². The highest BCUT2D eigenvalue weighted by Gasteiger charge is 2.43. The van der Waals surface area contributed by atoms with E-state index in [1.807, 2.05) is 30.3 Å². The highest BCUT2D eigenvalue weighted by atomic mass is 16.6. The van der Waals surface area contributed by atoms with Gasteiger partial charge in [-0.15, -0.1) is 6.42 Å². The van der Waals surface area contributed by atoms with E-state index in [2.05, 4.69) is 26.2 Å². The van der Waals surface area contributed by atoms with Gasteiger partial charge in [0.2, 0.25) is 0 Å². The quantitative estimate of drug-likeness (QED) is 0.608. The van der Waals surface area contributed by atoms with E-state index in [0.29, 0.717) is 17.0 Å². The normalized spacial score (nSPS) is 25.8. The first-order chi connectivity index (χ1) is 12.2. The first-order valence-electron chi connectivity index (χ1n) is 7.66. The number of imidazole rings is 1. The summed E-state index contributed by atoms with van der Waals surface area (Å²) in [6.45, 7) is 0. The van der Waals surface area contributed by atoms with Gasteiger partial charge in [0.1, 0.15) is 24.6 Å². The van der Waals surface area contributed by atoms with Gasteiger partial charge in [0.25, 0.3) is 0 Å². The third-order valence-corrected chi connectivity index (χ3v) is 4.07. The van der Waals surface area contributed by atoms with Crippen LogP contribution in [0, 0.1) is 12.3 Å². The molecule has 4 rings (SSSR count). The van der Waals surface area contributed by atoms with Gasteiger partial charge < -0.3 is 20.3 Å². The molecule has 0 spiro atoms. The highest BCUT2D eigenvalue weighted by Crippen LogP contribution is 2.32. The molecule has 0 unspecified atom stereocenters. The molecule has 3 aromatic rings. The number of hydrogen-bond acceptors (Lipinski definition) is 7. The summed E-state index contributed by atoms with van der Waals surface area (Å²) in [5.74, 6) is 2.84. The Hall–Kier alpha value is -2.99. The molecule has 0 aliphatic carbocycles. The molecular weight excluding hydrogens is 322 g/mol. The van der Waals surface area contributed by atoms with Crippen LogP contribution in [0.5, 0.6) is 0 Å². The summed E-state index contributed by atoms with van der Waals surface area (Å²) in [4.78, 5) is 12.8. The molecular formula is C17H15N5O3. The molecule has 3 heterocycles. The second kappa shape index (κ2) is 6.14. The third kappa shape index (κ3) is 2.60. The molecule has 8 nitrogen and oxygen atoms in total. The van der Waals surface area contributed by atoms with Crippen LogP contribution in [-0.4, -0.2) is 48.0 Å². The number of nitrogens with zero attached hydrogens (tertiary/aromatic N) is 4. The minimum absolute atomic E-state index is 0.461. The molecule has 8 heteroatoms. The predicted molar refractivity (Wildman–Crippen MR) is 89.8 cm³/mol. The number of nitrogens with one attached hydrogen (secondary N) is 1. The maximum atomic E-state index is 10.2. The fourth-order valence-corrected chi connectivity index (χ4v) is 2.81. The summed E-state index contributed by atoms with van der Waals surface area (Å²) in [7, 11) is 0. The zero-order valence-corrected chi connectivity index (χ0v) is 13.0. The summed E-state index contributed by atoms with van der Waals surface area (Å²) >= 11 is 0. The van der Waals surface area contributed by atoms with Gasteiger partial charge in [0.05, 0.1) is 6.33 Å². The first kappa shape index (κ1) is 15.5. The number of aromatic nitrogens is 4. The lowest BCUT2D eigenvalue weighted by molar-refractivity contribution is -0.0230. The zero-order chi connectivity index (χ0) is 17.4. The number of hydrogen-bond donors (Lipinski definition) is 3. The minimum atomic E-state index is -1.18. The van der Waals surface area contributed by atoms with E-state index >= 15 is 0 Å². The summed E-state index contributed by atoms with van der Waals surface area (Å²) in [5, 5.41) is 23.3. The molecule has 2 aromatic heterocycles. The van der Waals surface area contributed by atoms with E-state index < -0.39 is 24.5 Å². The molecule has 0 radical (unpaired) electrons. The Labute approximate surface area is 143 Å². The average molecular weight is 337 g/mol. The monoisotopic (exact) mass is 337 g/mol. The van der Waals surface area contributed by atoms with Crippen LogP contribution in [0.1, 0.15) is 6.23 Å². The Morgan fingerprint density at radius 1 is 1.12 bits per heavy atom. The van der Waals surface area contributed by atoms with E-state index in [0.717, 1.165) is 5.69 Å². The molecule has 0 bridgehead atoms. The lowest BCUT2D eigenvalue weighted by Gasteiger charge is -2.16. The Kier molecular flexibility index (Phi) is 3.82. The second-order valence-electron chi connectivity index (χ2n) is 5.63. The average Bonchev–Trinajstić information content (AvgIpc) is 3.18. The van der Waals surface area contributed by atoms with Crippen molar-refractivity contribution in [1.29, 1.82) is 0 Å². The summed E-state index contributed by atoms with van der Waals surface area (Å²) in [6, 6.07) is 9.54. The van der Waals surface area contributed by atoms with Crippen molar-refractivity contribution in [1.82, 2.24) is 19.5 Å². The van der Waals surface area contributed by atoms with Crippen LogP contribution in [0.25, 0.3) is 11.2 Å². The number of para-hydroxylation sites is 1. The number of aliphatic hydroxyl groups is 2. The summed E-state index contributed by atoms with van der Waals surface area (Å²) in [6.07, 6.45) is 4.08. The van der Waals surface area contributed by atoms with E-state index in [1.165, 1.54) is 12.7 Å². The molecule has 1 saturated heterocycles. The Morgan fingerprint density at radius 2 is 1.92 bits per heavy atom. The largest absolute Gasteiger partial charge is 0.386 e. The number of rotatable bonds is 3. The van der Waals surface area contributed by atoms with Gasteiger partial charge in [-0.2, -0.15) is 0 Å². The predicted octanol–water partition coefficient (Wildman–Crippen LogP) is 0.822. The van der Waals surface area contributed by atoms with Crippen molar-refractivity contribution < 1.29 is 14.9 Å². The number of ether oxygens (including phenoxy) is 1. The third-order valence-electron chi connectivity index (χ3n) is 4.07. The summed E-state index contributed by atoms with van der Waals surface area (Å²) in [5.41, 5.74) is 1.83. The number of fused-ring (bicyclic) bond motifs is 1. The van der Waals surface area contributed by atoms with E-state index in [9.17, 15) is 10.2 Å². The smallest absolute Gasteiger partial charge is 0.167 e. The Bertz CT molecular complexity index is 936. The number of terminal acetylenes is 1. The molecule has 25 heavy (non-hydrogen) atoms. The van der Waals surface area contributed by atoms with Gasteiger partial charge in [-0.25, -0.2) is 15.0 Å². The van der Waals surface area contributed by atoms with Gasteiger partial charge in [-0.3, -0.25) is 4.57 Å². The molecule has 126 valence electrons. The standard InChI is InChI=1S/C17H15N5O3/c1-2-11-13(23)14(24)17(25-11)22-9-20-12-15(18-8-19-16(12)22)21-10-6-4-3-5-7-10/h1,3-9,11,13-14,17,23-24H,(H,18,19,21)/t11-,13-,14-,17-/m1/s1. The first-order valence-corrected chi connectivity index (χ1v) is 7.66. The molecule has 4 atom stereocenters. The van der Waals surface area contributed by atoms with E-state index in [4.69, 9.17) is 11.2 Å². The zero-order valence-electron chi connectivity index (χ0n) is 13.0. The maximum absolute atomic E-state index is 10.2. The van der Waals surface area contributed by atoms with Gasteiger partial charge in [0, 0.05) is 5.69 Å².